The number of aliphatic imine (C=N–C) groups is 1. The fourth-order valence-corrected chi connectivity index (χ4v) is 3.55. The highest BCUT2D eigenvalue weighted by molar-refractivity contribution is 6.05. The lowest BCUT2D eigenvalue weighted by atomic mass is 10.2. The number of carbonyl (C=O) groups is 1. The van der Waals surface area contributed by atoms with Crippen molar-refractivity contribution in [2.24, 2.45) is 10.7 Å². The van der Waals surface area contributed by atoms with Crippen LogP contribution in [0.4, 0.5) is 5.82 Å². The summed E-state index contributed by atoms with van der Waals surface area (Å²) in [5.41, 5.74) is 6.62. The summed E-state index contributed by atoms with van der Waals surface area (Å²) in [7, 11) is 3.13. The maximum absolute atomic E-state index is 12.7. The molecule has 0 saturated heterocycles. The van der Waals surface area contributed by atoms with Crippen molar-refractivity contribution >= 4 is 28.8 Å². The van der Waals surface area contributed by atoms with Crippen molar-refractivity contribution in [1.82, 2.24) is 19.7 Å². The number of benzene rings is 1. The summed E-state index contributed by atoms with van der Waals surface area (Å²) < 4.78 is 24.0. The molecule has 3 N–H and O–H groups in total. The number of nitrogens with two attached hydrogens (primary N) is 1. The predicted octanol–water partition coefficient (Wildman–Crippen LogP) is 3.55. The van der Waals surface area contributed by atoms with Crippen LogP contribution in [0.3, 0.4) is 0 Å². The van der Waals surface area contributed by atoms with Gasteiger partial charge in [0, 0.05) is 30.0 Å². The van der Waals surface area contributed by atoms with E-state index in [1.165, 1.54) is 12.4 Å². The van der Waals surface area contributed by atoms with E-state index in [0.717, 1.165) is 5.39 Å². The molecule has 4 aromatic rings. The van der Waals surface area contributed by atoms with Crippen molar-refractivity contribution in [2.45, 2.75) is 13.5 Å². The van der Waals surface area contributed by atoms with Crippen LogP contribution >= 0.6 is 0 Å². The molecule has 0 aliphatic heterocycles. The van der Waals surface area contributed by atoms with E-state index in [0.29, 0.717) is 48.2 Å². The smallest absolute Gasteiger partial charge is 0.276 e. The minimum Gasteiger partial charge on any atom is -0.493 e. The topological polar surface area (TPSA) is 148 Å². The number of pyridine rings is 2. The Hall–Kier alpha value is -5.13. The minimum absolute atomic E-state index is 0.116. The Morgan fingerprint density at radius 2 is 1.92 bits per heavy atom. The molecule has 0 radical (unpaired) electrons. The Kier molecular flexibility index (Phi) is 8.91. The van der Waals surface area contributed by atoms with Crippen molar-refractivity contribution < 1.29 is 23.7 Å². The average Bonchev–Trinajstić information content (AvgIpc) is 3.48. The van der Waals surface area contributed by atoms with Gasteiger partial charge in [-0.2, -0.15) is 5.10 Å². The number of ether oxygens (including phenoxy) is 4. The summed E-state index contributed by atoms with van der Waals surface area (Å²) in [5.74, 6) is 2.02. The van der Waals surface area contributed by atoms with Crippen LogP contribution in [0.25, 0.3) is 10.9 Å². The third-order valence-electron chi connectivity index (χ3n) is 5.45. The molecule has 0 spiro atoms. The summed E-state index contributed by atoms with van der Waals surface area (Å²) in [6, 6.07) is 10.4. The maximum Gasteiger partial charge on any atom is 0.276 e. The van der Waals surface area contributed by atoms with Gasteiger partial charge in [-0.25, -0.2) is 4.98 Å². The third kappa shape index (κ3) is 6.80. The molecule has 12 heteroatoms. The van der Waals surface area contributed by atoms with Gasteiger partial charge in [-0.15, -0.1) is 0 Å². The molecule has 0 aliphatic carbocycles. The van der Waals surface area contributed by atoms with Gasteiger partial charge in [-0.3, -0.25) is 19.5 Å². The van der Waals surface area contributed by atoms with Crippen LogP contribution in [0.1, 0.15) is 6.92 Å². The number of methoxy groups -OCH3 is 2. The molecule has 0 aliphatic rings. The van der Waals surface area contributed by atoms with Crippen LogP contribution in [0.15, 0.2) is 77.6 Å². The number of amides is 1. The van der Waals surface area contributed by atoms with E-state index in [1.54, 1.807) is 68.6 Å². The number of anilines is 1. The first-order chi connectivity index (χ1) is 19.0. The van der Waals surface area contributed by atoms with E-state index in [9.17, 15) is 4.79 Å². The predicted molar refractivity (Wildman–Crippen MR) is 146 cm³/mol. The van der Waals surface area contributed by atoms with Crippen molar-refractivity contribution in [3.05, 3.63) is 72.6 Å². The first-order valence-electron chi connectivity index (χ1n) is 12.1. The molecule has 3 heterocycles. The van der Waals surface area contributed by atoms with Gasteiger partial charge < -0.3 is 30.0 Å². The summed E-state index contributed by atoms with van der Waals surface area (Å²) in [6.07, 6.45) is 8.10. The number of aromatic nitrogens is 4. The first-order valence-corrected chi connectivity index (χ1v) is 12.1. The highest BCUT2D eigenvalue weighted by Crippen LogP contribution is 2.36. The van der Waals surface area contributed by atoms with Crippen molar-refractivity contribution in [2.75, 3.05) is 32.7 Å². The Bertz CT molecular complexity index is 1470. The second-order valence-corrected chi connectivity index (χ2v) is 7.98. The van der Waals surface area contributed by atoms with E-state index < -0.39 is 5.91 Å². The van der Waals surface area contributed by atoms with E-state index in [4.69, 9.17) is 24.7 Å². The molecule has 1 aromatic carbocycles. The monoisotopic (exact) mass is 531 g/mol. The summed E-state index contributed by atoms with van der Waals surface area (Å²) in [4.78, 5) is 25.7. The molecule has 0 unspecified atom stereocenters. The van der Waals surface area contributed by atoms with Crippen LogP contribution in [-0.2, 0) is 16.1 Å². The first kappa shape index (κ1) is 26.9. The molecule has 202 valence electrons. The van der Waals surface area contributed by atoms with Gasteiger partial charge in [0.2, 0.25) is 0 Å². The number of rotatable bonds is 12. The zero-order valence-corrected chi connectivity index (χ0v) is 21.8. The lowest BCUT2D eigenvalue weighted by molar-refractivity contribution is -0.113. The molecule has 4 rings (SSSR count). The minimum atomic E-state index is -0.570. The van der Waals surface area contributed by atoms with Crippen molar-refractivity contribution in [3.8, 4) is 23.0 Å². The zero-order valence-electron chi connectivity index (χ0n) is 21.8. The van der Waals surface area contributed by atoms with E-state index in [-0.39, 0.29) is 17.3 Å². The molecular formula is C27H29N7O5. The Morgan fingerprint density at radius 1 is 1.10 bits per heavy atom. The van der Waals surface area contributed by atoms with E-state index in [2.05, 4.69) is 25.4 Å². The molecule has 0 bridgehead atoms. The van der Waals surface area contributed by atoms with Gasteiger partial charge in [0.15, 0.2) is 17.3 Å². The van der Waals surface area contributed by atoms with Crippen molar-refractivity contribution in [1.29, 1.82) is 0 Å². The SMILES string of the molecule is CCOC(C=NCCn1cccn1)=C(N)C(=O)Nc1ccc(Oc2ccnc3cc(OC)c(OC)cc23)cn1. The average molecular weight is 532 g/mol. The molecule has 1 amide bonds. The lowest BCUT2D eigenvalue weighted by Crippen LogP contribution is -2.23. The number of hydrogen-bond donors (Lipinski definition) is 2. The van der Waals surface area contributed by atoms with Crippen LogP contribution in [-0.4, -0.2) is 59.2 Å². The van der Waals surface area contributed by atoms with Gasteiger partial charge in [0.05, 0.1) is 51.8 Å². The highest BCUT2D eigenvalue weighted by atomic mass is 16.5. The van der Waals surface area contributed by atoms with Crippen LogP contribution in [0.5, 0.6) is 23.0 Å². The number of nitrogens with one attached hydrogen (secondary N) is 1. The number of fused-ring (bicyclic) bond motifs is 1. The second-order valence-electron chi connectivity index (χ2n) is 7.98. The summed E-state index contributed by atoms with van der Waals surface area (Å²) in [5, 5.41) is 7.51. The van der Waals surface area contributed by atoms with Crippen LogP contribution in [0, 0.1) is 0 Å². The normalized spacial score (nSPS) is 11.8. The number of carbonyl (C=O) groups excluding carboxylic acids is 1. The molecule has 0 atom stereocenters. The molecule has 0 saturated carbocycles. The number of hydrogen-bond acceptors (Lipinski definition) is 10. The summed E-state index contributed by atoms with van der Waals surface area (Å²) >= 11 is 0. The fourth-order valence-electron chi connectivity index (χ4n) is 3.55. The third-order valence-corrected chi connectivity index (χ3v) is 5.45. The van der Waals surface area contributed by atoms with Crippen LogP contribution < -0.4 is 25.3 Å². The van der Waals surface area contributed by atoms with E-state index in [1.807, 2.05) is 12.3 Å². The number of allylic oxidation sites excluding steroid dienone is 1. The van der Waals surface area contributed by atoms with Crippen LogP contribution in [0.2, 0.25) is 0 Å². The molecule has 0 fully saturated rings. The Labute approximate surface area is 225 Å². The van der Waals surface area contributed by atoms with Gasteiger partial charge in [0.1, 0.15) is 23.0 Å². The Morgan fingerprint density at radius 3 is 2.62 bits per heavy atom. The lowest BCUT2D eigenvalue weighted by Gasteiger charge is -2.12. The largest absolute Gasteiger partial charge is 0.493 e. The summed E-state index contributed by atoms with van der Waals surface area (Å²) in [6.45, 7) is 3.15. The van der Waals surface area contributed by atoms with E-state index >= 15 is 0 Å². The molecule has 39 heavy (non-hydrogen) atoms. The number of nitrogens with zero attached hydrogens (tertiary/aromatic N) is 5. The fraction of sp³-hybridized carbons (Fsp3) is 0.222. The molecule has 3 aromatic heterocycles. The van der Waals surface area contributed by atoms with Gasteiger partial charge in [-0.05, 0) is 37.3 Å². The quantitative estimate of drug-likeness (QED) is 0.159. The highest BCUT2D eigenvalue weighted by Gasteiger charge is 2.14. The van der Waals surface area contributed by atoms with Gasteiger partial charge in [-0.1, -0.05) is 0 Å². The van der Waals surface area contributed by atoms with Gasteiger partial charge >= 0.3 is 0 Å². The molecule has 12 nitrogen and oxygen atoms in total. The zero-order chi connectivity index (χ0) is 27.6. The molecular weight excluding hydrogens is 502 g/mol. The standard InChI is InChI=1S/C27H29N7O5/c1-4-38-24(17-29-11-13-34-12-5-9-32-34)26(28)27(35)33-25-7-6-18(16-31-25)39-21-8-10-30-20-15-23(37-3)22(36-2)14-19(20)21/h5-10,12,14-17H,4,11,13,28H2,1-3H3,(H,31,33,35). The van der Waals surface area contributed by atoms with Crippen molar-refractivity contribution in [3.63, 3.8) is 0 Å². The maximum atomic E-state index is 12.7. The Balaban J connectivity index is 1.43. The van der Waals surface area contributed by atoms with Gasteiger partial charge in [0.25, 0.3) is 5.91 Å². The second kappa shape index (κ2) is 12.9.